The number of hydrogen-bond acceptors (Lipinski definition) is 4. The molecule has 0 atom stereocenters. The zero-order chi connectivity index (χ0) is 21.3. The van der Waals surface area contributed by atoms with Crippen molar-refractivity contribution in [3.05, 3.63) is 75.9 Å². The number of fused-ring (bicyclic) bond motifs is 1. The van der Waals surface area contributed by atoms with E-state index in [0.29, 0.717) is 16.7 Å². The first-order valence-corrected chi connectivity index (χ1v) is 10.0. The predicted molar refractivity (Wildman–Crippen MR) is 117 cm³/mol. The molecule has 0 saturated carbocycles. The largest absolute Gasteiger partial charge is 0.480 e. The highest BCUT2D eigenvalue weighted by Gasteiger charge is 2.22. The van der Waals surface area contributed by atoms with Crippen molar-refractivity contribution in [3.63, 3.8) is 0 Å². The van der Waals surface area contributed by atoms with E-state index in [1.165, 1.54) is 6.20 Å². The van der Waals surface area contributed by atoms with Crippen LogP contribution < -0.4 is 5.32 Å². The maximum Gasteiger partial charge on any atom is 0.322 e. The van der Waals surface area contributed by atoms with Gasteiger partial charge in [0.1, 0.15) is 12.2 Å². The van der Waals surface area contributed by atoms with Gasteiger partial charge in [0.25, 0.3) is 5.91 Å². The first-order valence-electron chi connectivity index (χ1n) is 8.84. The molecule has 1 amide bonds. The third-order valence-corrected chi connectivity index (χ3v) is 5.32. The van der Waals surface area contributed by atoms with Gasteiger partial charge in [0, 0.05) is 16.2 Å². The average Bonchev–Trinajstić information content (AvgIpc) is 3.14. The predicted octanol–water partition coefficient (Wildman–Crippen LogP) is 4.32. The van der Waals surface area contributed by atoms with E-state index < -0.39 is 18.4 Å². The average molecular weight is 486 g/mol. The lowest BCUT2D eigenvalue weighted by molar-refractivity contribution is -0.135. The molecule has 7 nitrogen and oxygen atoms in total. The first kappa shape index (κ1) is 20.1. The van der Waals surface area contributed by atoms with Crippen LogP contribution >= 0.6 is 27.5 Å². The number of nitrogens with zero attached hydrogens (tertiary/aromatic N) is 3. The molecule has 0 aliphatic rings. The first-order chi connectivity index (χ1) is 14.5. The molecule has 2 N–H and O–H groups in total. The van der Waals surface area contributed by atoms with Crippen molar-refractivity contribution >= 4 is 50.4 Å². The van der Waals surface area contributed by atoms with Crippen LogP contribution in [0.15, 0.2) is 65.3 Å². The number of pyridine rings is 1. The zero-order valence-corrected chi connectivity index (χ0v) is 17.7. The van der Waals surface area contributed by atoms with Gasteiger partial charge in [-0.15, -0.1) is 0 Å². The van der Waals surface area contributed by atoms with Gasteiger partial charge in [-0.3, -0.25) is 9.59 Å². The molecule has 0 spiro atoms. The van der Waals surface area contributed by atoms with E-state index in [1.807, 2.05) is 54.6 Å². The number of hydrogen-bond donors (Lipinski definition) is 2. The molecule has 0 saturated heterocycles. The van der Waals surface area contributed by atoms with Crippen LogP contribution in [0.1, 0.15) is 10.4 Å². The third-order valence-electron chi connectivity index (χ3n) is 4.40. The van der Waals surface area contributed by atoms with E-state index in [9.17, 15) is 9.59 Å². The molecule has 0 bridgehead atoms. The Morgan fingerprint density at radius 3 is 2.47 bits per heavy atom. The Balaban J connectivity index is 1.94. The van der Waals surface area contributed by atoms with Crippen LogP contribution in [0, 0.1) is 0 Å². The van der Waals surface area contributed by atoms with Crippen LogP contribution in [0.5, 0.6) is 0 Å². The van der Waals surface area contributed by atoms with Gasteiger partial charge in [0.2, 0.25) is 0 Å². The maximum atomic E-state index is 12.5. The molecular formula is C21H14BrClN4O3. The molecule has 2 aromatic heterocycles. The number of para-hydroxylation sites is 1. The van der Waals surface area contributed by atoms with Gasteiger partial charge in [-0.25, -0.2) is 9.67 Å². The number of aliphatic carboxylic acids is 1. The summed E-state index contributed by atoms with van der Waals surface area (Å²) >= 11 is 10.0. The van der Waals surface area contributed by atoms with Crippen molar-refractivity contribution in [1.29, 1.82) is 0 Å². The molecule has 0 aliphatic heterocycles. The molecular weight excluding hydrogens is 472 g/mol. The summed E-state index contributed by atoms with van der Waals surface area (Å²) in [7, 11) is 0. The van der Waals surface area contributed by atoms with E-state index in [2.05, 4.69) is 26.2 Å². The molecule has 9 heteroatoms. The van der Waals surface area contributed by atoms with Gasteiger partial charge >= 0.3 is 5.97 Å². The van der Waals surface area contributed by atoms with E-state index >= 15 is 0 Å². The van der Waals surface area contributed by atoms with Crippen molar-refractivity contribution < 1.29 is 14.7 Å². The second-order valence-corrected chi connectivity index (χ2v) is 7.66. The van der Waals surface area contributed by atoms with Crippen molar-refractivity contribution in [2.75, 3.05) is 6.54 Å². The Hall–Kier alpha value is -3.23. The molecule has 4 aromatic rings. The summed E-state index contributed by atoms with van der Waals surface area (Å²) in [6.45, 7) is -0.518. The number of carboxylic acid groups (broad SMARTS) is 1. The number of aromatic nitrogens is 3. The summed E-state index contributed by atoms with van der Waals surface area (Å²) < 4.78 is 2.58. The fraction of sp³-hybridized carbons (Fsp3) is 0.0476. The number of rotatable bonds is 5. The number of nitrogens with one attached hydrogen (secondary N) is 1. The van der Waals surface area contributed by atoms with Gasteiger partial charge < -0.3 is 10.4 Å². The molecule has 0 unspecified atom stereocenters. The Kier molecular flexibility index (Phi) is 5.52. The van der Waals surface area contributed by atoms with E-state index in [4.69, 9.17) is 21.8 Å². The number of amides is 1. The topological polar surface area (TPSA) is 97.1 Å². The zero-order valence-electron chi connectivity index (χ0n) is 15.3. The molecule has 30 heavy (non-hydrogen) atoms. The monoisotopic (exact) mass is 484 g/mol. The highest BCUT2D eigenvalue weighted by Crippen LogP contribution is 2.36. The van der Waals surface area contributed by atoms with Crippen LogP contribution in [-0.2, 0) is 4.79 Å². The quantitative estimate of drug-likeness (QED) is 0.439. The van der Waals surface area contributed by atoms with Crippen molar-refractivity contribution in [3.8, 4) is 16.9 Å². The molecule has 0 aliphatic carbocycles. The van der Waals surface area contributed by atoms with Gasteiger partial charge in [-0.05, 0) is 24.3 Å². The Labute approximate surface area is 184 Å². The summed E-state index contributed by atoms with van der Waals surface area (Å²) in [4.78, 5) is 27.7. The molecule has 0 fully saturated rings. The van der Waals surface area contributed by atoms with Gasteiger partial charge in [-0.2, -0.15) is 5.10 Å². The van der Waals surface area contributed by atoms with Crippen molar-refractivity contribution in [2.24, 2.45) is 0 Å². The number of halogens is 2. The van der Waals surface area contributed by atoms with Crippen molar-refractivity contribution in [2.45, 2.75) is 0 Å². The summed E-state index contributed by atoms with van der Waals surface area (Å²) in [6, 6.07) is 17.0. The van der Waals surface area contributed by atoms with Crippen LogP contribution in [0.3, 0.4) is 0 Å². The number of carbonyl (C=O) groups excluding carboxylic acids is 1. The Morgan fingerprint density at radius 1 is 1.10 bits per heavy atom. The highest BCUT2D eigenvalue weighted by molar-refractivity contribution is 9.10. The number of carboxylic acids is 1. The molecule has 0 radical (unpaired) electrons. The Morgan fingerprint density at radius 2 is 1.80 bits per heavy atom. The van der Waals surface area contributed by atoms with Crippen LogP contribution in [0.2, 0.25) is 5.02 Å². The number of carbonyl (C=O) groups is 2. The van der Waals surface area contributed by atoms with Crippen molar-refractivity contribution in [1.82, 2.24) is 20.1 Å². The second kappa shape index (κ2) is 8.25. The lowest BCUT2D eigenvalue weighted by atomic mass is 10.1. The fourth-order valence-electron chi connectivity index (χ4n) is 3.02. The lowest BCUT2D eigenvalue weighted by Crippen LogP contribution is -2.29. The van der Waals surface area contributed by atoms with Gasteiger partial charge in [0.05, 0.1) is 21.7 Å². The second-order valence-electron chi connectivity index (χ2n) is 6.36. The minimum Gasteiger partial charge on any atom is -0.480 e. The molecule has 150 valence electrons. The maximum absolute atomic E-state index is 12.5. The van der Waals surface area contributed by atoms with Crippen LogP contribution in [0.4, 0.5) is 0 Å². The van der Waals surface area contributed by atoms with Crippen LogP contribution in [0.25, 0.3) is 28.0 Å². The smallest absolute Gasteiger partial charge is 0.322 e. The van der Waals surface area contributed by atoms with Gasteiger partial charge in [0.15, 0.2) is 5.65 Å². The van der Waals surface area contributed by atoms with Crippen LogP contribution in [-0.4, -0.2) is 38.3 Å². The molecule has 2 heterocycles. The molecule has 4 rings (SSSR count). The minimum absolute atomic E-state index is 0.0800. The highest BCUT2D eigenvalue weighted by atomic mass is 79.9. The summed E-state index contributed by atoms with van der Waals surface area (Å²) in [5.41, 5.74) is 2.71. The van der Waals surface area contributed by atoms with Gasteiger partial charge in [-0.1, -0.05) is 57.9 Å². The summed E-state index contributed by atoms with van der Waals surface area (Å²) in [5, 5.41) is 16.5. The normalized spacial score (nSPS) is 10.9. The van der Waals surface area contributed by atoms with E-state index in [-0.39, 0.29) is 10.6 Å². The number of benzene rings is 2. The fourth-order valence-corrected chi connectivity index (χ4v) is 3.59. The summed E-state index contributed by atoms with van der Waals surface area (Å²) in [6.07, 6.45) is 1.33. The molecule has 2 aromatic carbocycles. The Bertz CT molecular complexity index is 1260. The summed E-state index contributed by atoms with van der Waals surface area (Å²) in [5.74, 6) is -1.77. The van der Waals surface area contributed by atoms with E-state index in [0.717, 1.165) is 15.7 Å². The standard InChI is InChI=1S/C21H14BrClN4O3/c22-13-8-6-12(7-9-13)19-17-18(23)15(21(30)25-11-16(28)29)10-24-20(17)27(26-19)14-4-2-1-3-5-14/h1-10H,11H2,(H,25,30)(H,28,29). The lowest BCUT2D eigenvalue weighted by Gasteiger charge is -2.07. The SMILES string of the molecule is O=C(O)CNC(=O)c1cnc2c(c(-c3ccc(Br)cc3)nn2-c2ccccc2)c1Cl. The minimum atomic E-state index is -1.15. The van der Waals surface area contributed by atoms with E-state index in [1.54, 1.807) is 4.68 Å². The third kappa shape index (κ3) is 3.79.